The number of halogens is 2. The molecule has 0 fully saturated rings. The quantitative estimate of drug-likeness (QED) is 0.250. The number of amides is 1. The molecule has 0 radical (unpaired) electrons. The van der Waals surface area contributed by atoms with Crippen LogP contribution in [0.2, 0.25) is 0 Å². The van der Waals surface area contributed by atoms with E-state index in [-0.39, 0.29) is 12.5 Å². The summed E-state index contributed by atoms with van der Waals surface area (Å²) in [5.74, 6) is 0.304. The minimum Gasteiger partial charge on any atom is -0.483 e. The Bertz CT molecular complexity index is 930. The van der Waals surface area contributed by atoms with Crippen LogP contribution in [-0.4, -0.2) is 18.7 Å². The van der Waals surface area contributed by atoms with Gasteiger partial charge >= 0.3 is 0 Å². The highest BCUT2D eigenvalue weighted by molar-refractivity contribution is 9.11. The first-order chi connectivity index (χ1) is 13.4. The van der Waals surface area contributed by atoms with E-state index in [0.29, 0.717) is 5.75 Å². The lowest BCUT2D eigenvalue weighted by atomic mass is 10.1. The molecule has 0 bridgehead atoms. The number of hydrogen-bond acceptors (Lipinski definition) is 3. The molecule has 4 nitrogen and oxygen atoms in total. The number of carbonyl (C=O) groups is 1. The van der Waals surface area contributed by atoms with Crippen molar-refractivity contribution in [3.05, 3.63) is 62.6 Å². The van der Waals surface area contributed by atoms with Crippen molar-refractivity contribution in [1.82, 2.24) is 5.43 Å². The van der Waals surface area contributed by atoms with E-state index in [2.05, 4.69) is 62.3 Å². The van der Waals surface area contributed by atoms with E-state index in [1.165, 1.54) is 11.1 Å². The van der Waals surface area contributed by atoms with Crippen molar-refractivity contribution in [3.8, 4) is 5.75 Å². The summed E-state index contributed by atoms with van der Waals surface area (Å²) >= 11 is 7.01. The molecule has 6 heteroatoms. The topological polar surface area (TPSA) is 50.7 Å². The van der Waals surface area contributed by atoms with Gasteiger partial charge in [0.05, 0.1) is 4.47 Å². The van der Waals surface area contributed by atoms with Crippen LogP contribution in [-0.2, 0) is 4.79 Å². The molecule has 0 unspecified atom stereocenters. The molecule has 0 aliphatic rings. The maximum Gasteiger partial charge on any atom is 0.277 e. The highest BCUT2D eigenvalue weighted by atomic mass is 79.9. The van der Waals surface area contributed by atoms with Crippen molar-refractivity contribution >= 4 is 54.8 Å². The summed E-state index contributed by atoms with van der Waals surface area (Å²) in [7, 11) is 0. The number of rotatable bonds is 8. The molecule has 0 aliphatic heterocycles. The Morgan fingerprint density at radius 1 is 1.18 bits per heavy atom. The zero-order valence-electron chi connectivity index (χ0n) is 16.3. The molecule has 0 saturated carbocycles. The summed E-state index contributed by atoms with van der Waals surface area (Å²) in [5, 5.41) is 6.03. The summed E-state index contributed by atoms with van der Waals surface area (Å²) in [6.07, 6.45) is 7.69. The molecule has 0 aliphatic carbocycles. The largest absolute Gasteiger partial charge is 0.483 e. The van der Waals surface area contributed by atoms with Crippen molar-refractivity contribution in [1.29, 1.82) is 0 Å². The van der Waals surface area contributed by atoms with Gasteiger partial charge in [0.2, 0.25) is 0 Å². The molecular weight excluding hydrogens is 484 g/mol. The van der Waals surface area contributed by atoms with Crippen molar-refractivity contribution in [2.24, 2.45) is 5.10 Å². The van der Waals surface area contributed by atoms with Gasteiger partial charge in [0.15, 0.2) is 6.61 Å². The van der Waals surface area contributed by atoms with Gasteiger partial charge in [0.1, 0.15) is 5.75 Å². The first-order valence-corrected chi connectivity index (χ1v) is 10.6. The third-order valence-electron chi connectivity index (χ3n) is 3.95. The lowest BCUT2D eigenvalue weighted by Gasteiger charge is -2.10. The van der Waals surface area contributed by atoms with Gasteiger partial charge in [-0.2, -0.15) is 5.10 Å². The lowest BCUT2D eigenvalue weighted by molar-refractivity contribution is -0.123. The molecule has 0 atom stereocenters. The van der Waals surface area contributed by atoms with Gasteiger partial charge in [-0.05, 0) is 84.6 Å². The van der Waals surface area contributed by atoms with Gasteiger partial charge in [0.25, 0.3) is 5.91 Å². The summed E-state index contributed by atoms with van der Waals surface area (Å²) < 4.78 is 7.46. The minimum absolute atomic E-state index is 0.110. The van der Waals surface area contributed by atoms with Crippen LogP contribution in [0.25, 0.3) is 10.8 Å². The molecular formula is C22H24Br2N2O2. The van der Waals surface area contributed by atoms with E-state index >= 15 is 0 Å². The highest BCUT2D eigenvalue weighted by Crippen LogP contribution is 2.34. The third kappa shape index (κ3) is 7.24. The molecule has 0 heterocycles. The number of nitrogens with one attached hydrogen (secondary N) is 1. The number of benzene rings is 2. The lowest BCUT2D eigenvalue weighted by Crippen LogP contribution is -2.24. The number of fused-ring (bicyclic) bond motifs is 1. The van der Waals surface area contributed by atoms with Crippen LogP contribution in [0.15, 0.2) is 67.7 Å². The standard InChI is InChI=1S/C22H24Br2N2O2/c1-15(2)5-4-6-16(3)11-12-25-26-21(27)14-28-20-10-7-17-13-18(23)8-9-19(17)22(20)24/h5,7-13H,4,6,14H2,1-3H3,(H,26,27)/b16-11-,25-12?. The van der Waals surface area contributed by atoms with E-state index in [1.807, 2.05) is 43.3 Å². The minimum atomic E-state index is -0.311. The van der Waals surface area contributed by atoms with Crippen LogP contribution in [0.4, 0.5) is 0 Å². The first-order valence-electron chi connectivity index (χ1n) is 8.98. The van der Waals surface area contributed by atoms with Crippen molar-refractivity contribution in [3.63, 3.8) is 0 Å². The van der Waals surface area contributed by atoms with Gasteiger partial charge < -0.3 is 4.74 Å². The molecule has 2 aromatic carbocycles. The van der Waals surface area contributed by atoms with E-state index in [9.17, 15) is 4.79 Å². The normalized spacial score (nSPS) is 11.7. The van der Waals surface area contributed by atoms with Crippen LogP contribution in [0.3, 0.4) is 0 Å². The molecule has 28 heavy (non-hydrogen) atoms. The molecule has 1 amide bonds. The van der Waals surface area contributed by atoms with E-state index in [4.69, 9.17) is 4.74 Å². The molecule has 1 N–H and O–H groups in total. The predicted octanol–water partition coefficient (Wildman–Crippen LogP) is 6.54. The number of hydrogen-bond donors (Lipinski definition) is 1. The average molecular weight is 508 g/mol. The van der Waals surface area contributed by atoms with Gasteiger partial charge in [-0.15, -0.1) is 0 Å². The van der Waals surface area contributed by atoms with Gasteiger partial charge in [-0.1, -0.05) is 45.3 Å². The van der Waals surface area contributed by atoms with Crippen LogP contribution < -0.4 is 10.2 Å². The molecule has 0 aromatic heterocycles. The summed E-state index contributed by atoms with van der Waals surface area (Å²) in [5.41, 5.74) is 5.00. The average Bonchev–Trinajstić information content (AvgIpc) is 2.64. The molecule has 148 valence electrons. The Balaban J connectivity index is 1.84. The van der Waals surface area contributed by atoms with E-state index in [0.717, 1.165) is 32.6 Å². The van der Waals surface area contributed by atoms with E-state index < -0.39 is 0 Å². The Hall–Kier alpha value is -1.92. The fourth-order valence-electron chi connectivity index (χ4n) is 2.48. The van der Waals surface area contributed by atoms with Crippen LogP contribution >= 0.6 is 31.9 Å². The van der Waals surface area contributed by atoms with Crippen molar-refractivity contribution in [2.75, 3.05) is 6.61 Å². The Morgan fingerprint density at radius 3 is 2.71 bits per heavy atom. The Labute approximate surface area is 183 Å². The summed E-state index contributed by atoms with van der Waals surface area (Å²) in [6.45, 7) is 6.12. The van der Waals surface area contributed by atoms with Crippen LogP contribution in [0, 0.1) is 0 Å². The smallest absolute Gasteiger partial charge is 0.277 e. The zero-order chi connectivity index (χ0) is 20.5. The van der Waals surface area contributed by atoms with E-state index in [1.54, 1.807) is 6.21 Å². The van der Waals surface area contributed by atoms with Crippen LogP contribution in [0.5, 0.6) is 5.75 Å². The number of ether oxygens (including phenoxy) is 1. The SMILES string of the molecule is CC(C)=CCC/C(C)=C\C=NNC(=O)COc1ccc2cc(Br)ccc2c1Br. The molecule has 2 rings (SSSR count). The predicted molar refractivity (Wildman–Crippen MR) is 124 cm³/mol. The monoisotopic (exact) mass is 506 g/mol. The number of hydrazone groups is 1. The van der Waals surface area contributed by atoms with Crippen LogP contribution in [0.1, 0.15) is 33.6 Å². The Morgan fingerprint density at radius 2 is 1.96 bits per heavy atom. The Kier molecular flexibility index (Phi) is 8.93. The second-order valence-corrected chi connectivity index (χ2v) is 8.39. The van der Waals surface area contributed by atoms with Gasteiger partial charge in [-0.3, -0.25) is 4.79 Å². The molecule has 0 spiro atoms. The fraction of sp³-hybridized carbons (Fsp3) is 0.273. The summed E-state index contributed by atoms with van der Waals surface area (Å²) in [6, 6.07) is 9.79. The highest BCUT2D eigenvalue weighted by Gasteiger charge is 2.08. The number of nitrogens with zero attached hydrogens (tertiary/aromatic N) is 1. The molecule has 0 saturated heterocycles. The maximum atomic E-state index is 11.9. The van der Waals surface area contributed by atoms with Gasteiger partial charge in [0, 0.05) is 10.7 Å². The maximum absolute atomic E-state index is 11.9. The van der Waals surface area contributed by atoms with Crippen molar-refractivity contribution < 1.29 is 9.53 Å². The molecule has 2 aromatic rings. The number of allylic oxidation sites excluding steroid dienone is 4. The summed E-state index contributed by atoms with van der Waals surface area (Å²) in [4.78, 5) is 11.9. The van der Waals surface area contributed by atoms with Gasteiger partial charge in [-0.25, -0.2) is 5.43 Å². The second-order valence-electron chi connectivity index (χ2n) is 6.68. The first kappa shape index (κ1) is 22.4. The second kappa shape index (κ2) is 11.2. The fourth-order valence-corrected chi connectivity index (χ4v) is 3.46. The third-order valence-corrected chi connectivity index (χ3v) is 5.26. The zero-order valence-corrected chi connectivity index (χ0v) is 19.4. The number of carbonyl (C=O) groups excluding carboxylic acids is 1. The van der Waals surface area contributed by atoms with Crippen molar-refractivity contribution in [2.45, 2.75) is 33.6 Å².